The Labute approximate surface area is 174 Å². The number of rotatable bonds is 10. The molecule has 0 spiro atoms. The number of nitrogens with zero attached hydrogens (tertiary/aromatic N) is 1. The molecule has 0 radical (unpaired) electrons. The largest absolute Gasteiger partial charge is 0.493 e. The Bertz CT molecular complexity index is 881. The normalized spacial score (nSPS) is 11.7. The lowest BCUT2D eigenvalue weighted by Gasteiger charge is -2.25. The highest BCUT2D eigenvalue weighted by molar-refractivity contribution is 5.91. The van der Waals surface area contributed by atoms with Crippen LogP contribution in [0.15, 0.2) is 36.4 Å². The summed E-state index contributed by atoms with van der Waals surface area (Å²) in [7, 11) is 6.09. The molecule has 8 nitrogen and oxygen atoms in total. The van der Waals surface area contributed by atoms with Gasteiger partial charge in [0.05, 0.1) is 21.3 Å². The van der Waals surface area contributed by atoms with Crippen molar-refractivity contribution in [1.29, 1.82) is 0 Å². The number of hydrogen-bond donors (Lipinski definition) is 2. The first-order valence-corrected chi connectivity index (χ1v) is 9.15. The van der Waals surface area contributed by atoms with Crippen molar-refractivity contribution in [1.82, 2.24) is 4.90 Å². The molecule has 2 aromatic rings. The number of methoxy groups -OCH3 is 3. The Kier molecular flexibility index (Phi) is 7.99. The van der Waals surface area contributed by atoms with Gasteiger partial charge in [0.25, 0.3) is 0 Å². The third-order valence-electron chi connectivity index (χ3n) is 4.51. The van der Waals surface area contributed by atoms with E-state index in [2.05, 4.69) is 5.32 Å². The van der Waals surface area contributed by atoms with Crippen LogP contribution in [0.4, 0.5) is 10.1 Å². The lowest BCUT2D eigenvalue weighted by Crippen LogP contribution is -2.37. The summed E-state index contributed by atoms with van der Waals surface area (Å²) in [6, 6.07) is 8.03. The summed E-state index contributed by atoms with van der Waals surface area (Å²) in [6.45, 7) is 0.223. The van der Waals surface area contributed by atoms with E-state index >= 15 is 0 Å². The van der Waals surface area contributed by atoms with E-state index in [-0.39, 0.29) is 18.9 Å². The summed E-state index contributed by atoms with van der Waals surface area (Å²) in [5.41, 5.74) is 6.39. The Morgan fingerprint density at radius 2 is 1.73 bits per heavy atom. The number of anilines is 1. The van der Waals surface area contributed by atoms with E-state index in [1.165, 1.54) is 39.5 Å². The molecule has 1 atom stereocenters. The highest BCUT2D eigenvalue weighted by atomic mass is 19.1. The fourth-order valence-corrected chi connectivity index (χ4v) is 3.10. The third kappa shape index (κ3) is 5.60. The molecule has 162 valence electrons. The van der Waals surface area contributed by atoms with Crippen LogP contribution in [0.25, 0.3) is 0 Å². The van der Waals surface area contributed by atoms with Gasteiger partial charge in [-0.2, -0.15) is 0 Å². The Morgan fingerprint density at radius 1 is 1.10 bits per heavy atom. The molecular weight excluding hydrogens is 393 g/mol. The number of halogens is 1. The molecule has 0 aliphatic heterocycles. The number of likely N-dealkylation sites (N-methyl/N-ethyl adjacent to an activating group) is 1. The number of hydrogen-bond acceptors (Lipinski definition) is 6. The van der Waals surface area contributed by atoms with Crippen LogP contribution < -0.4 is 25.3 Å². The molecule has 0 saturated carbocycles. The lowest BCUT2D eigenvalue weighted by atomic mass is 10.0. The molecule has 1 unspecified atom stereocenters. The highest BCUT2D eigenvalue weighted by Crippen LogP contribution is 2.39. The smallest absolute Gasteiger partial charge is 0.239 e. The van der Waals surface area contributed by atoms with Crippen LogP contribution in [0.1, 0.15) is 18.0 Å². The molecule has 0 aromatic heterocycles. The van der Waals surface area contributed by atoms with Crippen molar-refractivity contribution < 1.29 is 28.2 Å². The molecule has 0 aliphatic carbocycles. The Balaban J connectivity index is 2.07. The SMILES string of the molecule is COc1cc(NC(=O)CCN(C)C(C(N)=O)c2cccc(F)c2)cc(OC)c1OC. The van der Waals surface area contributed by atoms with Crippen molar-refractivity contribution in [2.24, 2.45) is 5.73 Å². The minimum Gasteiger partial charge on any atom is -0.493 e. The molecule has 2 aromatic carbocycles. The average molecular weight is 419 g/mol. The maximum atomic E-state index is 13.5. The first-order valence-electron chi connectivity index (χ1n) is 9.15. The fourth-order valence-electron chi connectivity index (χ4n) is 3.10. The standard InChI is InChI=1S/C21H26FN3O5/c1-25(19(21(23)27)13-6-5-7-14(22)10-13)9-8-18(26)24-15-11-16(28-2)20(30-4)17(12-15)29-3/h5-7,10-12,19H,8-9H2,1-4H3,(H2,23,27)(H,24,26). The predicted octanol–water partition coefficient (Wildman–Crippen LogP) is 2.34. The second-order valence-electron chi connectivity index (χ2n) is 6.55. The molecule has 0 saturated heterocycles. The second kappa shape index (κ2) is 10.4. The van der Waals surface area contributed by atoms with Crippen molar-refractivity contribution >= 4 is 17.5 Å². The molecule has 0 fully saturated rings. The van der Waals surface area contributed by atoms with Crippen molar-refractivity contribution in [2.45, 2.75) is 12.5 Å². The van der Waals surface area contributed by atoms with E-state index in [4.69, 9.17) is 19.9 Å². The van der Waals surface area contributed by atoms with E-state index in [9.17, 15) is 14.0 Å². The van der Waals surface area contributed by atoms with Gasteiger partial charge in [-0.1, -0.05) is 12.1 Å². The van der Waals surface area contributed by atoms with Gasteiger partial charge in [0.15, 0.2) is 11.5 Å². The molecule has 9 heteroatoms. The minimum atomic E-state index is -0.852. The van der Waals surface area contributed by atoms with Crippen molar-refractivity contribution in [3.63, 3.8) is 0 Å². The van der Waals surface area contributed by atoms with Gasteiger partial charge in [-0.25, -0.2) is 4.39 Å². The Hall–Kier alpha value is -3.33. The van der Waals surface area contributed by atoms with E-state index in [1.807, 2.05) is 0 Å². The quantitative estimate of drug-likeness (QED) is 0.613. The monoisotopic (exact) mass is 419 g/mol. The molecule has 3 N–H and O–H groups in total. The van der Waals surface area contributed by atoms with Gasteiger partial charge < -0.3 is 25.3 Å². The van der Waals surface area contributed by atoms with Crippen LogP contribution in [0.2, 0.25) is 0 Å². The van der Waals surface area contributed by atoms with Crippen LogP contribution in [0, 0.1) is 5.82 Å². The first kappa shape index (κ1) is 23.0. The second-order valence-corrected chi connectivity index (χ2v) is 6.55. The van der Waals surface area contributed by atoms with Crippen LogP contribution in [0.3, 0.4) is 0 Å². The summed E-state index contributed by atoms with van der Waals surface area (Å²) in [5.74, 6) is -0.163. The van der Waals surface area contributed by atoms with Crippen LogP contribution in [0.5, 0.6) is 17.2 Å². The van der Waals surface area contributed by atoms with Gasteiger partial charge in [-0.3, -0.25) is 14.5 Å². The van der Waals surface area contributed by atoms with E-state index in [0.717, 1.165) is 0 Å². The van der Waals surface area contributed by atoms with E-state index < -0.39 is 17.8 Å². The summed E-state index contributed by atoms with van der Waals surface area (Å²) >= 11 is 0. The van der Waals surface area contributed by atoms with Gasteiger partial charge in [0.1, 0.15) is 11.9 Å². The van der Waals surface area contributed by atoms with Crippen LogP contribution in [-0.2, 0) is 9.59 Å². The van der Waals surface area contributed by atoms with Gasteiger partial charge in [0, 0.05) is 30.8 Å². The summed E-state index contributed by atoms with van der Waals surface area (Å²) in [5, 5.41) is 2.76. The fraction of sp³-hybridized carbons (Fsp3) is 0.333. The molecule has 0 bridgehead atoms. The molecule has 0 heterocycles. The summed E-state index contributed by atoms with van der Waals surface area (Å²) in [6.07, 6.45) is 0.0757. The summed E-state index contributed by atoms with van der Waals surface area (Å²) in [4.78, 5) is 25.9. The van der Waals surface area contributed by atoms with Crippen molar-refractivity contribution in [3.8, 4) is 17.2 Å². The minimum absolute atomic E-state index is 0.0757. The molecular formula is C21H26FN3O5. The van der Waals surface area contributed by atoms with Crippen LogP contribution >= 0.6 is 0 Å². The van der Waals surface area contributed by atoms with Crippen molar-refractivity contribution in [2.75, 3.05) is 40.2 Å². The summed E-state index contributed by atoms with van der Waals surface area (Å²) < 4.78 is 29.3. The first-order chi connectivity index (χ1) is 14.3. The maximum Gasteiger partial charge on any atom is 0.239 e. The van der Waals surface area contributed by atoms with Gasteiger partial charge in [-0.15, -0.1) is 0 Å². The zero-order valence-corrected chi connectivity index (χ0v) is 17.4. The topological polar surface area (TPSA) is 103 Å². The van der Waals surface area contributed by atoms with Gasteiger partial charge in [-0.05, 0) is 24.7 Å². The average Bonchev–Trinajstić information content (AvgIpc) is 2.71. The van der Waals surface area contributed by atoms with Crippen LogP contribution in [-0.4, -0.2) is 51.6 Å². The Morgan fingerprint density at radius 3 is 2.23 bits per heavy atom. The van der Waals surface area contributed by atoms with Crippen molar-refractivity contribution in [3.05, 3.63) is 47.8 Å². The number of carbonyl (C=O) groups excluding carboxylic acids is 2. The number of amides is 2. The lowest BCUT2D eigenvalue weighted by molar-refractivity contribution is -0.124. The molecule has 2 rings (SSSR count). The number of carbonyl (C=O) groups is 2. The number of nitrogens with one attached hydrogen (secondary N) is 1. The zero-order valence-electron chi connectivity index (χ0n) is 17.4. The highest BCUT2D eigenvalue weighted by Gasteiger charge is 2.24. The van der Waals surface area contributed by atoms with E-state index in [0.29, 0.717) is 28.5 Å². The zero-order chi connectivity index (χ0) is 22.3. The van der Waals surface area contributed by atoms with E-state index in [1.54, 1.807) is 30.1 Å². The van der Waals surface area contributed by atoms with Gasteiger partial charge in [0.2, 0.25) is 17.6 Å². The number of ether oxygens (including phenoxy) is 3. The third-order valence-corrected chi connectivity index (χ3v) is 4.51. The maximum absolute atomic E-state index is 13.5. The number of nitrogens with two attached hydrogens (primary N) is 1. The molecule has 0 aliphatic rings. The molecule has 30 heavy (non-hydrogen) atoms. The predicted molar refractivity (Wildman–Crippen MR) is 110 cm³/mol. The molecule has 2 amide bonds. The van der Waals surface area contributed by atoms with Gasteiger partial charge >= 0.3 is 0 Å². The number of primary amides is 1. The number of benzene rings is 2.